The van der Waals surface area contributed by atoms with E-state index >= 15 is 0 Å². The van der Waals surface area contributed by atoms with Gasteiger partial charge in [0.25, 0.3) is 5.91 Å². The van der Waals surface area contributed by atoms with Crippen LogP contribution in [-0.4, -0.2) is 37.4 Å². The maximum atomic E-state index is 13.3. The van der Waals surface area contributed by atoms with E-state index in [2.05, 4.69) is 10.5 Å². The second-order valence-electron chi connectivity index (χ2n) is 7.95. The first kappa shape index (κ1) is 24.8. The first-order valence-corrected chi connectivity index (χ1v) is 12.7. The van der Waals surface area contributed by atoms with Gasteiger partial charge in [-0.05, 0) is 84.6 Å². The topological polar surface area (TPSA) is 88.1 Å². The van der Waals surface area contributed by atoms with Crippen molar-refractivity contribution in [1.29, 1.82) is 0 Å². The molecule has 182 valence electrons. The van der Waals surface area contributed by atoms with Crippen molar-refractivity contribution in [2.45, 2.75) is 30.4 Å². The molecular formula is C25H23ClFN3O4S. The lowest BCUT2D eigenvalue weighted by Crippen LogP contribution is -2.44. The van der Waals surface area contributed by atoms with Gasteiger partial charge in [-0.15, -0.1) is 0 Å². The van der Waals surface area contributed by atoms with Crippen LogP contribution in [0.15, 0.2) is 82.8 Å². The Morgan fingerprint density at radius 3 is 2.60 bits per heavy atom. The molecule has 3 aromatic rings. The van der Waals surface area contributed by atoms with E-state index < -0.39 is 22.0 Å². The lowest BCUT2D eigenvalue weighted by atomic mass is 10.2. The number of hydrogen-bond donors (Lipinski definition) is 1. The highest BCUT2D eigenvalue weighted by atomic mass is 35.5. The molecule has 1 fully saturated rings. The highest BCUT2D eigenvalue weighted by Gasteiger charge is 2.39. The number of amides is 1. The van der Waals surface area contributed by atoms with Crippen LogP contribution in [0.4, 0.5) is 4.39 Å². The molecule has 35 heavy (non-hydrogen) atoms. The Labute approximate surface area is 208 Å². The van der Waals surface area contributed by atoms with E-state index in [1.165, 1.54) is 46.9 Å². The number of hydrazone groups is 1. The van der Waals surface area contributed by atoms with Crippen LogP contribution in [0.2, 0.25) is 5.02 Å². The minimum absolute atomic E-state index is 0.0878. The molecule has 1 aliphatic heterocycles. The van der Waals surface area contributed by atoms with Gasteiger partial charge in [-0.25, -0.2) is 18.2 Å². The molecular weight excluding hydrogens is 493 g/mol. The highest BCUT2D eigenvalue weighted by Crippen LogP contribution is 2.27. The zero-order chi connectivity index (χ0) is 24.8. The maximum absolute atomic E-state index is 13.3. The molecule has 1 saturated heterocycles. The summed E-state index contributed by atoms with van der Waals surface area (Å²) in [5, 5.41) is 4.40. The van der Waals surface area contributed by atoms with Crippen LogP contribution < -0.4 is 10.2 Å². The van der Waals surface area contributed by atoms with Gasteiger partial charge in [0, 0.05) is 11.6 Å². The zero-order valence-corrected chi connectivity index (χ0v) is 20.2. The van der Waals surface area contributed by atoms with Crippen LogP contribution in [0.25, 0.3) is 0 Å². The molecule has 0 saturated carbocycles. The van der Waals surface area contributed by atoms with Gasteiger partial charge in [-0.3, -0.25) is 4.79 Å². The van der Waals surface area contributed by atoms with Crippen molar-refractivity contribution in [3.8, 4) is 5.75 Å². The van der Waals surface area contributed by atoms with Gasteiger partial charge in [0.05, 0.1) is 11.1 Å². The van der Waals surface area contributed by atoms with Gasteiger partial charge in [-0.1, -0.05) is 23.7 Å². The third-order valence-corrected chi connectivity index (χ3v) is 7.66. The molecule has 1 amide bonds. The average molecular weight is 516 g/mol. The second kappa shape index (κ2) is 11.0. The van der Waals surface area contributed by atoms with Gasteiger partial charge >= 0.3 is 0 Å². The molecule has 3 aromatic carbocycles. The van der Waals surface area contributed by atoms with Crippen molar-refractivity contribution in [2.24, 2.45) is 5.10 Å². The summed E-state index contributed by atoms with van der Waals surface area (Å²) in [4.78, 5) is 12.8. The Bertz CT molecular complexity index is 1320. The maximum Gasteiger partial charge on any atom is 0.258 e. The predicted octanol–water partition coefficient (Wildman–Crippen LogP) is 4.36. The number of sulfonamides is 1. The molecule has 1 aliphatic rings. The van der Waals surface area contributed by atoms with Crippen molar-refractivity contribution in [3.05, 3.63) is 94.8 Å². The summed E-state index contributed by atoms with van der Waals surface area (Å²) >= 11 is 5.86. The first-order chi connectivity index (χ1) is 16.8. The number of benzene rings is 3. The fraction of sp³-hybridized carbons (Fsp3) is 0.200. The van der Waals surface area contributed by atoms with Gasteiger partial charge in [0.15, 0.2) is 0 Å². The highest BCUT2D eigenvalue weighted by molar-refractivity contribution is 7.89. The van der Waals surface area contributed by atoms with Gasteiger partial charge in [0.2, 0.25) is 10.0 Å². The molecule has 1 heterocycles. The van der Waals surface area contributed by atoms with E-state index in [4.69, 9.17) is 16.3 Å². The SMILES string of the molecule is O=C(N/N=C\c1ccc(OCc2cccc(F)c2)cc1)[C@H]1CCCN1S(=O)(=O)c1ccc(Cl)cc1. The first-order valence-electron chi connectivity index (χ1n) is 10.9. The summed E-state index contributed by atoms with van der Waals surface area (Å²) in [6, 6.07) is 18.2. The summed E-state index contributed by atoms with van der Waals surface area (Å²) in [6.45, 7) is 0.488. The van der Waals surface area contributed by atoms with Crippen LogP contribution in [0.3, 0.4) is 0 Å². The van der Waals surface area contributed by atoms with Crippen LogP contribution in [0, 0.1) is 5.82 Å². The Morgan fingerprint density at radius 1 is 1.14 bits per heavy atom. The predicted molar refractivity (Wildman–Crippen MR) is 131 cm³/mol. The summed E-state index contributed by atoms with van der Waals surface area (Å²) in [7, 11) is -3.83. The molecule has 0 bridgehead atoms. The molecule has 10 heteroatoms. The lowest BCUT2D eigenvalue weighted by molar-refractivity contribution is -0.124. The van der Waals surface area contributed by atoms with Gasteiger partial charge in [0.1, 0.15) is 24.2 Å². The Hall–Kier alpha value is -3.27. The van der Waals surface area contributed by atoms with E-state index in [1.54, 1.807) is 36.4 Å². The molecule has 1 N–H and O–H groups in total. The molecule has 0 spiro atoms. The Morgan fingerprint density at radius 2 is 1.89 bits per heavy atom. The Balaban J connectivity index is 1.33. The van der Waals surface area contributed by atoms with E-state index in [0.717, 1.165) is 5.56 Å². The second-order valence-corrected chi connectivity index (χ2v) is 10.3. The summed E-state index contributed by atoms with van der Waals surface area (Å²) in [5.41, 5.74) is 3.87. The number of hydrogen-bond acceptors (Lipinski definition) is 5. The molecule has 7 nitrogen and oxygen atoms in total. The van der Waals surface area contributed by atoms with Crippen LogP contribution in [-0.2, 0) is 21.4 Å². The minimum Gasteiger partial charge on any atom is -0.489 e. The lowest BCUT2D eigenvalue weighted by Gasteiger charge is -2.22. The number of carbonyl (C=O) groups is 1. The number of rotatable bonds is 8. The van der Waals surface area contributed by atoms with Crippen molar-refractivity contribution >= 4 is 33.7 Å². The summed E-state index contributed by atoms with van der Waals surface area (Å²) in [5.74, 6) is -0.209. The van der Waals surface area contributed by atoms with Crippen molar-refractivity contribution < 1.29 is 22.3 Å². The fourth-order valence-electron chi connectivity index (χ4n) is 3.72. The number of carbonyl (C=O) groups excluding carboxylic acids is 1. The number of nitrogens with zero attached hydrogens (tertiary/aromatic N) is 2. The number of nitrogens with one attached hydrogen (secondary N) is 1. The standard InChI is InChI=1S/C25H23ClFN3O4S/c26-20-8-12-23(13-9-20)35(32,33)30-14-2-5-24(30)25(31)29-28-16-18-6-10-22(11-7-18)34-17-19-3-1-4-21(27)15-19/h1,3-4,6-13,15-16,24H,2,5,14,17H2,(H,29,31)/b28-16-/t24-/m1/s1. The van der Waals surface area contributed by atoms with Gasteiger partial charge in [-0.2, -0.15) is 9.41 Å². The van der Waals surface area contributed by atoms with E-state index in [1.807, 2.05) is 0 Å². The van der Waals surface area contributed by atoms with Crippen LogP contribution in [0.1, 0.15) is 24.0 Å². The molecule has 0 aromatic heterocycles. The summed E-state index contributed by atoms with van der Waals surface area (Å²) in [6.07, 6.45) is 2.44. The molecule has 1 atom stereocenters. The van der Waals surface area contributed by atoms with E-state index in [0.29, 0.717) is 29.2 Å². The minimum atomic E-state index is -3.83. The monoisotopic (exact) mass is 515 g/mol. The van der Waals surface area contributed by atoms with Crippen molar-refractivity contribution in [2.75, 3.05) is 6.54 Å². The quantitative estimate of drug-likeness (QED) is 0.356. The van der Waals surface area contributed by atoms with E-state index in [9.17, 15) is 17.6 Å². The Kier molecular flexibility index (Phi) is 7.80. The smallest absolute Gasteiger partial charge is 0.258 e. The third-order valence-electron chi connectivity index (χ3n) is 5.49. The average Bonchev–Trinajstić information content (AvgIpc) is 3.35. The fourth-order valence-corrected chi connectivity index (χ4v) is 5.50. The molecule has 0 radical (unpaired) electrons. The van der Waals surface area contributed by atoms with Gasteiger partial charge < -0.3 is 4.74 Å². The van der Waals surface area contributed by atoms with Crippen LogP contribution in [0.5, 0.6) is 5.75 Å². The molecule has 4 rings (SSSR count). The zero-order valence-electron chi connectivity index (χ0n) is 18.6. The van der Waals surface area contributed by atoms with E-state index in [-0.39, 0.29) is 23.9 Å². The summed E-state index contributed by atoms with van der Waals surface area (Å²) < 4.78 is 46.1. The molecule has 0 aliphatic carbocycles. The normalized spacial score (nSPS) is 16.5. The largest absolute Gasteiger partial charge is 0.489 e. The number of halogens is 2. The third kappa shape index (κ3) is 6.25. The van der Waals surface area contributed by atoms with Crippen molar-refractivity contribution in [3.63, 3.8) is 0 Å². The number of ether oxygens (including phenoxy) is 1. The molecule has 0 unspecified atom stereocenters. The van der Waals surface area contributed by atoms with Crippen molar-refractivity contribution in [1.82, 2.24) is 9.73 Å². The van der Waals surface area contributed by atoms with Crippen LogP contribution >= 0.6 is 11.6 Å².